The molecule has 0 unspecified atom stereocenters. The smallest absolute Gasteiger partial charge is 0.307 e. The van der Waals surface area contributed by atoms with Crippen molar-refractivity contribution in [2.24, 2.45) is 0 Å². The molecule has 0 spiro atoms. The molecule has 0 fully saturated rings. The van der Waals surface area contributed by atoms with Gasteiger partial charge < -0.3 is 5.11 Å². The van der Waals surface area contributed by atoms with Crippen molar-refractivity contribution in [2.45, 2.75) is 38.5 Å². The van der Waals surface area contributed by atoms with Gasteiger partial charge in [-0.2, -0.15) is 12.6 Å². The topological polar surface area (TPSA) is 37.3 Å². The second-order valence-electron chi connectivity index (χ2n) is 3.00. The maximum atomic E-state index is 10.1. The molecule has 3 heteroatoms. The number of allylic oxidation sites excluding steroid dienone is 1. The molecule has 1 N–H and O–H groups in total. The van der Waals surface area contributed by atoms with E-state index < -0.39 is 5.97 Å². The minimum atomic E-state index is -0.758. The van der Waals surface area contributed by atoms with E-state index in [2.05, 4.69) is 12.6 Å². The Balaban J connectivity index is 3.06. The van der Waals surface area contributed by atoms with Gasteiger partial charge in [0.2, 0.25) is 0 Å². The summed E-state index contributed by atoms with van der Waals surface area (Å²) in [7, 11) is 0. The molecule has 0 aliphatic heterocycles. The number of thiol groups is 1. The van der Waals surface area contributed by atoms with Crippen LogP contribution in [0.3, 0.4) is 0 Å². The average Bonchev–Trinajstić information content (AvgIpc) is 2.09. The summed E-state index contributed by atoms with van der Waals surface area (Å²) in [4.78, 5) is 10.1. The Bertz CT molecular complexity index is 155. The number of carboxylic acid groups (broad SMARTS) is 1. The van der Waals surface area contributed by atoms with Crippen LogP contribution in [-0.2, 0) is 4.79 Å². The van der Waals surface area contributed by atoms with Crippen molar-refractivity contribution in [3.8, 4) is 0 Å². The lowest BCUT2D eigenvalue weighted by molar-refractivity contribution is -0.136. The highest BCUT2D eigenvalue weighted by Gasteiger charge is 1.89. The van der Waals surface area contributed by atoms with E-state index in [0.717, 1.165) is 18.6 Å². The molecule has 13 heavy (non-hydrogen) atoms. The Kier molecular flexibility index (Phi) is 9.32. The van der Waals surface area contributed by atoms with E-state index in [1.54, 1.807) is 6.08 Å². The highest BCUT2D eigenvalue weighted by molar-refractivity contribution is 7.80. The minimum absolute atomic E-state index is 0.149. The van der Waals surface area contributed by atoms with E-state index in [1.165, 1.54) is 19.3 Å². The second kappa shape index (κ2) is 9.65. The Morgan fingerprint density at radius 2 is 1.85 bits per heavy atom. The Morgan fingerprint density at radius 1 is 1.15 bits per heavy atom. The van der Waals surface area contributed by atoms with Crippen LogP contribution in [0, 0.1) is 0 Å². The third-order valence-electron chi connectivity index (χ3n) is 1.74. The summed E-state index contributed by atoms with van der Waals surface area (Å²) >= 11 is 4.12. The Hall–Kier alpha value is -0.440. The zero-order valence-electron chi connectivity index (χ0n) is 7.91. The summed E-state index contributed by atoms with van der Waals surface area (Å²) in [5.74, 6) is 0.209. The zero-order valence-corrected chi connectivity index (χ0v) is 8.80. The first-order chi connectivity index (χ1) is 6.27. The Morgan fingerprint density at radius 3 is 2.46 bits per heavy atom. The standard InChI is InChI=1S/C10H18O2S/c11-10(12)8-6-4-2-1-3-5-7-9-13/h4,6,13H,1-3,5,7-9H2,(H,11,12)/b6-4+. The fourth-order valence-electron chi connectivity index (χ4n) is 1.03. The van der Waals surface area contributed by atoms with Gasteiger partial charge in [-0.15, -0.1) is 0 Å². The molecular weight excluding hydrogens is 184 g/mol. The second-order valence-corrected chi connectivity index (χ2v) is 3.44. The van der Waals surface area contributed by atoms with Crippen LogP contribution in [0.4, 0.5) is 0 Å². The van der Waals surface area contributed by atoms with Crippen LogP contribution in [0.5, 0.6) is 0 Å². The van der Waals surface area contributed by atoms with Crippen molar-refractivity contribution < 1.29 is 9.90 Å². The molecule has 0 atom stereocenters. The summed E-state index contributed by atoms with van der Waals surface area (Å²) in [6.07, 6.45) is 9.62. The molecule has 0 aromatic carbocycles. The molecule has 0 aromatic rings. The van der Waals surface area contributed by atoms with Crippen LogP contribution in [-0.4, -0.2) is 16.8 Å². The van der Waals surface area contributed by atoms with E-state index in [4.69, 9.17) is 5.11 Å². The lowest BCUT2D eigenvalue weighted by Gasteiger charge is -1.95. The van der Waals surface area contributed by atoms with Gasteiger partial charge in [-0.05, 0) is 25.0 Å². The van der Waals surface area contributed by atoms with Gasteiger partial charge in [-0.3, -0.25) is 4.79 Å². The number of hydrogen-bond acceptors (Lipinski definition) is 2. The van der Waals surface area contributed by atoms with Crippen LogP contribution in [0.2, 0.25) is 0 Å². The third kappa shape index (κ3) is 11.6. The SMILES string of the molecule is O=C(O)C/C=C/CCCCCCS. The average molecular weight is 202 g/mol. The summed E-state index contributed by atoms with van der Waals surface area (Å²) in [6, 6.07) is 0. The molecule has 0 bridgehead atoms. The maximum absolute atomic E-state index is 10.1. The molecule has 0 heterocycles. The van der Waals surface area contributed by atoms with Gasteiger partial charge in [0.1, 0.15) is 0 Å². The van der Waals surface area contributed by atoms with Crippen molar-refractivity contribution in [2.75, 3.05) is 5.75 Å². The molecule has 0 saturated heterocycles. The van der Waals surface area contributed by atoms with E-state index in [0.29, 0.717) is 0 Å². The lowest BCUT2D eigenvalue weighted by Crippen LogP contribution is -1.89. The van der Waals surface area contributed by atoms with Gasteiger partial charge in [-0.25, -0.2) is 0 Å². The molecule has 0 aromatic heterocycles. The van der Waals surface area contributed by atoms with Gasteiger partial charge >= 0.3 is 5.97 Å². The normalized spacial score (nSPS) is 10.8. The summed E-state index contributed by atoms with van der Waals surface area (Å²) < 4.78 is 0. The molecular formula is C10H18O2S. The van der Waals surface area contributed by atoms with Crippen LogP contribution >= 0.6 is 12.6 Å². The number of carbonyl (C=O) groups is 1. The minimum Gasteiger partial charge on any atom is -0.481 e. The van der Waals surface area contributed by atoms with Gasteiger partial charge in [0, 0.05) is 0 Å². The van der Waals surface area contributed by atoms with E-state index >= 15 is 0 Å². The summed E-state index contributed by atoms with van der Waals surface area (Å²) in [6.45, 7) is 0. The highest BCUT2D eigenvalue weighted by Crippen LogP contribution is 2.04. The summed E-state index contributed by atoms with van der Waals surface area (Å²) in [5.41, 5.74) is 0. The molecule has 0 amide bonds. The zero-order chi connectivity index (χ0) is 9.94. The third-order valence-corrected chi connectivity index (χ3v) is 2.05. The molecule has 0 aliphatic carbocycles. The number of aliphatic carboxylic acids is 1. The quantitative estimate of drug-likeness (QED) is 0.361. The first kappa shape index (κ1) is 12.6. The fourth-order valence-corrected chi connectivity index (χ4v) is 1.25. The first-order valence-electron chi connectivity index (χ1n) is 4.75. The van der Waals surface area contributed by atoms with Crippen molar-refractivity contribution in [1.82, 2.24) is 0 Å². The van der Waals surface area contributed by atoms with Gasteiger partial charge in [-0.1, -0.05) is 25.0 Å². The van der Waals surface area contributed by atoms with Crippen LogP contribution in [0.25, 0.3) is 0 Å². The monoisotopic (exact) mass is 202 g/mol. The number of carboxylic acids is 1. The van der Waals surface area contributed by atoms with E-state index in [9.17, 15) is 4.79 Å². The lowest BCUT2D eigenvalue weighted by atomic mass is 10.1. The maximum Gasteiger partial charge on any atom is 0.307 e. The van der Waals surface area contributed by atoms with Crippen LogP contribution in [0.1, 0.15) is 38.5 Å². The molecule has 0 radical (unpaired) electrons. The largest absolute Gasteiger partial charge is 0.481 e. The van der Waals surface area contributed by atoms with Crippen molar-refractivity contribution in [3.05, 3.63) is 12.2 Å². The Labute approximate surface area is 85.4 Å². The number of rotatable bonds is 8. The molecule has 76 valence electrons. The predicted molar refractivity (Wildman–Crippen MR) is 58.3 cm³/mol. The van der Waals surface area contributed by atoms with E-state index in [1.807, 2.05) is 6.08 Å². The predicted octanol–water partition coefficient (Wildman–Crippen LogP) is 2.90. The first-order valence-corrected chi connectivity index (χ1v) is 5.38. The van der Waals surface area contributed by atoms with Gasteiger partial charge in [0.15, 0.2) is 0 Å². The molecule has 0 aliphatic rings. The van der Waals surface area contributed by atoms with Crippen molar-refractivity contribution in [1.29, 1.82) is 0 Å². The fraction of sp³-hybridized carbons (Fsp3) is 0.700. The van der Waals surface area contributed by atoms with Crippen molar-refractivity contribution in [3.63, 3.8) is 0 Å². The number of hydrogen-bond donors (Lipinski definition) is 2. The van der Waals surface area contributed by atoms with Crippen molar-refractivity contribution >= 4 is 18.6 Å². The van der Waals surface area contributed by atoms with Crippen LogP contribution < -0.4 is 0 Å². The van der Waals surface area contributed by atoms with Gasteiger partial charge in [0.25, 0.3) is 0 Å². The summed E-state index contributed by atoms with van der Waals surface area (Å²) in [5, 5.41) is 8.33. The molecule has 0 saturated carbocycles. The highest BCUT2D eigenvalue weighted by atomic mass is 32.1. The molecule has 0 rings (SSSR count). The van der Waals surface area contributed by atoms with Gasteiger partial charge in [0.05, 0.1) is 6.42 Å². The van der Waals surface area contributed by atoms with Crippen LogP contribution in [0.15, 0.2) is 12.2 Å². The van der Waals surface area contributed by atoms with E-state index in [-0.39, 0.29) is 6.42 Å². The molecule has 2 nitrogen and oxygen atoms in total. The number of unbranched alkanes of at least 4 members (excludes halogenated alkanes) is 4.